The molecule has 0 saturated carbocycles. The Morgan fingerprint density at radius 3 is 2.65 bits per heavy atom. The monoisotopic (exact) mass is 305 g/mol. The van der Waals surface area contributed by atoms with Crippen LogP contribution in [0.3, 0.4) is 0 Å². The molecule has 1 heterocycles. The fourth-order valence-corrected chi connectivity index (χ4v) is 4.11. The zero-order chi connectivity index (χ0) is 15.2. The molecule has 118 valence electrons. The molecule has 0 aliphatic carbocycles. The summed E-state index contributed by atoms with van der Waals surface area (Å²) >= 11 is 0. The molecule has 0 aromatic rings. The van der Waals surface area contributed by atoms with Crippen LogP contribution in [0.2, 0.25) is 0 Å². The van der Waals surface area contributed by atoms with Crippen molar-refractivity contribution in [1.29, 1.82) is 0 Å². The fourth-order valence-electron chi connectivity index (χ4n) is 2.80. The van der Waals surface area contributed by atoms with Gasteiger partial charge in [0, 0.05) is 12.6 Å². The number of aliphatic hydroxyl groups excluding tert-OH is 1. The smallest absolute Gasteiger partial charge is 0.238 e. The predicted molar refractivity (Wildman–Crippen MR) is 79.2 cm³/mol. The molecular formula is C14H27NO4S. The molecule has 1 aliphatic heterocycles. The molecule has 0 bridgehead atoms. The molecule has 20 heavy (non-hydrogen) atoms. The number of carbonyl (C=O) groups excluding carboxylic acids is 1. The van der Waals surface area contributed by atoms with Crippen molar-refractivity contribution in [1.82, 2.24) is 4.90 Å². The van der Waals surface area contributed by atoms with Gasteiger partial charge >= 0.3 is 0 Å². The van der Waals surface area contributed by atoms with Gasteiger partial charge in [0.15, 0.2) is 9.84 Å². The summed E-state index contributed by atoms with van der Waals surface area (Å²) < 4.78 is 23.6. The van der Waals surface area contributed by atoms with Crippen molar-refractivity contribution in [3.63, 3.8) is 0 Å². The van der Waals surface area contributed by atoms with E-state index in [0.717, 1.165) is 25.7 Å². The first-order valence-corrected chi connectivity index (χ1v) is 9.36. The molecular weight excluding hydrogens is 278 g/mol. The molecule has 0 aromatic heterocycles. The van der Waals surface area contributed by atoms with E-state index >= 15 is 0 Å². The average molecular weight is 305 g/mol. The van der Waals surface area contributed by atoms with Crippen LogP contribution in [-0.4, -0.2) is 54.5 Å². The minimum atomic E-state index is -3.30. The second-order valence-electron chi connectivity index (χ2n) is 5.77. The fraction of sp³-hybridized carbons (Fsp3) is 0.929. The first kappa shape index (κ1) is 17.4. The van der Waals surface area contributed by atoms with Gasteiger partial charge in [-0.2, -0.15) is 0 Å². The number of hydrogen-bond acceptors (Lipinski definition) is 4. The van der Waals surface area contributed by atoms with Crippen LogP contribution in [0.1, 0.15) is 52.4 Å². The van der Waals surface area contributed by atoms with E-state index in [1.165, 1.54) is 0 Å². The third kappa shape index (κ3) is 5.79. The standard InChI is InChI=1S/C14H27NO4S/c1-3-9-20(18,19)11-14(17)15-8-6-4-5-7-13(15)10-12(2)16/h12-13,16H,3-11H2,1-2H3. The van der Waals surface area contributed by atoms with E-state index in [-0.39, 0.29) is 17.7 Å². The Kier molecular flexibility index (Phi) is 6.95. The maximum Gasteiger partial charge on any atom is 0.238 e. The Morgan fingerprint density at radius 1 is 1.35 bits per heavy atom. The molecule has 0 spiro atoms. The van der Waals surface area contributed by atoms with Gasteiger partial charge in [0.1, 0.15) is 5.75 Å². The van der Waals surface area contributed by atoms with Gasteiger partial charge in [-0.05, 0) is 32.6 Å². The van der Waals surface area contributed by atoms with Gasteiger partial charge < -0.3 is 10.0 Å². The third-order valence-corrected chi connectivity index (χ3v) is 5.39. The maximum atomic E-state index is 12.3. The first-order chi connectivity index (χ1) is 9.35. The molecule has 2 atom stereocenters. The zero-order valence-electron chi connectivity index (χ0n) is 12.5. The van der Waals surface area contributed by atoms with Gasteiger partial charge in [-0.3, -0.25) is 4.79 Å². The summed E-state index contributed by atoms with van der Waals surface area (Å²) in [5.41, 5.74) is 0. The van der Waals surface area contributed by atoms with E-state index in [0.29, 0.717) is 19.4 Å². The topological polar surface area (TPSA) is 74.7 Å². The molecule has 2 unspecified atom stereocenters. The van der Waals surface area contributed by atoms with Gasteiger partial charge in [-0.25, -0.2) is 8.42 Å². The van der Waals surface area contributed by atoms with Crippen LogP contribution in [0.15, 0.2) is 0 Å². The van der Waals surface area contributed by atoms with Crippen LogP contribution >= 0.6 is 0 Å². The Labute approximate surface area is 122 Å². The molecule has 0 aromatic carbocycles. The number of rotatable bonds is 6. The number of carbonyl (C=O) groups is 1. The second kappa shape index (κ2) is 7.98. The van der Waals surface area contributed by atoms with Gasteiger partial charge in [-0.1, -0.05) is 19.8 Å². The summed E-state index contributed by atoms with van der Waals surface area (Å²) in [5, 5.41) is 9.56. The first-order valence-electron chi connectivity index (χ1n) is 7.53. The van der Waals surface area contributed by atoms with E-state index in [1.54, 1.807) is 18.7 Å². The largest absolute Gasteiger partial charge is 0.393 e. The highest BCUT2D eigenvalue weighted by molar-refractivity contribution is 7.92. The number of sulfone groups is 1. The van der Waals surface area contributed by atoms with Gasteiger partial charge in [-0.15, -0.1) is 0 Å². The second-order valence-corrected chi connectivity index (χ2v) is 7.95. The highest BCUT2D eigenvalue weighted by Gasteiger charge is 2.29. The molecule has 1 saturated heterocycles. The molecule has 1 fully saturated rings. The lowest BCUT2D eigenvalue weighted by atomic mass is 10.0. The highest BCUT2D eigenvalue weighted by Crippen LogP contribution is 2.21. The van der Waals surface area contributed by atoms with Crippen LogP contribution in [0.4, 0.5) is 0 Å². The van der Waals surface area contributed by atoms with Gasteiger partial charge in [0.25, 0.3) is 0 Å². The SMILES string of the molecule is CCCS(=O)(=O)CC(=O)N1CCCCCC1CC(C)O. The van der Waals surface area contributed by atoms with Crippen molar-refractivity contribution in [2.45, 2.75) is 64.5 Å². The quantitative estimate of drug-likeness (QED) is 0.804. The van der Waals surface area contributed by atoms with E-state index in [4.69, 9.17) is 0 Å². The van der Waals surface area contributed by atoms with E-state index < -0.39 is 21.7 Å². The van der Waals surface area contributed by atoms with Crippen molar-refractivity contribution in [3.05, 3.63) is 0 Å². The van der Waals surface area contributed by atoms with Crippen LogP contribution in [0.5, 0.6) is 0 Å². The van der Waals surface area contributed by atoms with Crippen LogP contribution < -0.4 is 0 Å². The summed E-state index contributed by atoms with van der Waals surface area (Å²) in [7, 11) is -3.30. The van der Waals surface area contributed by atoms with Crippen LogP contribution in [0.25, 0.3) is 0 Å². The summed E-state index contributed by atoms with van der Waals surface area (Å²) in [6.07, 6.45) is 4.44. The van der Waals surface area contributed by atoms with Crippen molar-refractivity contribution in [3.8, 4) is 0 Å². The molecule has 5 nitrogen and oxygen atoms in total. The van der Waals surface area contributed by atoms with Crippen LogP contribution in [0, 0.1) is 0 Å². The number of aliphatic hydroxyl groups is 1. The van der Waals surface area contributed by atoms with Crippen molar-refractivity contribution in [2.75, 3.05) is 18.1 Å². The summed E-state index contributed by atoms with van der Waals surface area (Å²) in [6.45, 7) is 4.11. The predicted octanol–water partition coefficient (Wildman–Crippen LogP) is 1.35. The summed E-state index contributed by atoms with van der Waals surface area (Å²) in [5.74, 6) is -0.629. The lowest BCUT2D eigenvalue weighted by Crippen LogP contribution is -2.44. The van der Waals surface area contributed by atoms with E-state index in [2.05, 4.69) is 0 Å². The Morgan fingerprint density at radius 2 is 2.05 bits per heavy atom. The molecule has 1 aliphatic rings. The minimum absolute atomic E-state index is 0.0261. The Balaban J connectivity index is 2.74. The van der Waals surface area contributed by atoms with Gasteiger partial charge in [0.2, 0.25) is 5.91 Å². The summed E-state index contributed by atoms with van der Waals surface area (Å²) in [6, 6.07) is -0.0261. The lowest BCUT2D eigenvalue weighted by molar-refractivity contribution is -0.131. The Bertz CT molecular complexity index is 405. The zero-order valence-corrected chi connectivity index (χ0v) is 13.4. The number of likely N-dealkylation sites (tertiary alicyclic amines) is 1. The van der Waals surface area contributed by atoms with E-state index in [1.807, 2.05) is 0 Å². The number of nitrogens with zero attached hydrogens (tertiary/aromatic N) is 1. The number of amides is 1. The molecule has 1 amide bonds. The minimum Gasteiger partial charge on any atom is -0.393 e. The lowest BCUT2D eigenvalue weighted by Gasteiger charge is -2.31. The average Bonchev–Trinajstić information content (AvgIpc) is 2.52. The van der Waals surface area contributed by atoms with Crippen LogP contribution in [-0.2, 0) is 14.6 Å². The molecule has 6 heteroatoms. The molecule has 1 rings (SSSR count). The summed E-state index contributed by atoms with van der Waals surface area (Å²) in [4.78, 5) is 14.0. The normalized spacial score (nSPS) is 22.4. The molecule has 0 radical (unpaired) electrons. The maximum absolute atomic E-state index is 12.3. The number of hydrogen-bond donors (Lipinski definition) is 1. The van der Waals surface area contributed by atoms with Gasteiger partial charge in [0.05, 0.1) is 11.9 Å². The van der Waals surface area contributed by atoms with Crippen molar-refractivity contribution in [2.24, 2.45) is 0 Å². The highest BCUT2D eigenvalue weighted by atomic mass is 32.2. The molecule has 1 N–H and O–H groups in total. The van der Waals surface area contributed by atoms with Crippen molar-refractivity contribution < 1.29 is 18.3 Å². The Hall–Kier alpha value is -0.620. The van der Waals surface area contributed by atoms with E-state index in [9.17, 15) is 18.3 Å². The third-order valence-electron chi connectivity index (χ3n) is 3.67. The van der Waals surface area contributed by atoms with Crippen molar-refractivity contribution >= 4 is 15.7 Å².